The lowest BCUT2D eigenvalue weighted by molar-refractivity contribution is -0.146. The number of carboxylic acids is 1. The summed E-state index contributed by atoms with van der Waals surface area (Å²) in [6, 6.07) is 1.51. The first-order valence-corrected chi connectivity index (χ1v) is 11.4. The molecule has 8 heteroatoms. The molecular formula is C23H29NO6S. The van der Waals surface area contributed by atoms with E-state index in [1.807, 2.05) is 0 Å². The minimum absolute atomic E-state index is 0.0304. The third kappa shape index (κ3) is 3.05. The standard InChI is InChI=1S/C23H29NO6S/c1-11(25)24-23(10-31,21(29)30)19-18-12(9-16(26)20(19)28)3-4-13-14(18)7-8-22(2)15(13)5-6-17(22)27/h9,13-15,26,28,31H,3-8,10H2,1-2H3,(H,24,25)(H,29,30)/t13-,14+,15+,22+,23?/m1/s1. The first kappa shape index (κ1) is 22.0. The number of carbonyl (C=O) groups is 3. The number of carbonyl (C=O) groups excluding carboxylic acids is 2. The van der Waals surface area contributed by atoms with Gasteiger partial charge in [0, 0.05) is 30.1 Å². The van der Waals surface area contributed by atoms with E-state index in [2.05, 4.69) is 24.9 Å². The fourth-order valence-corrected chi connectivity index (χ4v) is 7.01. The van der Waals surface area contributed by atoms with Crippen LogP contribution < -0.4 is 5.32 Å². The van der Waals surface area contributed by atoms with E-state index in [0.29, 0.717) is 37.0 Å². The van der Waals surface area contributed by atoms with Gasteiger partial charge in [-0.1, -0.05) is 6.92 Å². The lowest BCUT2D eigenvalue weighted by Gasteiger charge is -2.49. The Morgan fingerprint density at radius 3 is 2.58 bits per heavy atom. The van der Waals surface area contributed by atoms with E-state index in [9.17, 15) is 29.7 Å². The summed E-state index contributed by atoms with van der Waals surface area (Å²) in [6.45, 7) is 3.27. The Bertz CT molecular complexity index is 977. The number of ketones is 1. The number of nitrogens with one attached hydrogen (secondary N) is 1. The number of benzene rings is 1. The van der Waals surface area contributed by atoms with Crippen molar-refractivity contribution in [3.05, 3.63) is 22.8 Å². The SMILES string of the molecule is CC(=O)NC(CS)(C(=O)O)c1c(O)c(O)cc2c1[C@H]1CC[C@]3(C)C(=O)CC[C@H]3[C@@H]1CC2. The molecule has 31 heavy (non-hydrogen) atoms. The summed E-state index contributed by atoms with van der Waals surface area (Å²) in [6.07, 6.45) is 4.26. The number of phenols is 2. The molecule has 0 heterocycles. The number of hydrogen-bond acceptors (Lipinski definition) is 6. The molecule has 0 spiro atoms. The van der Waals surface area contributed by atoms with E-state index in [1.54, 1.807) is 0 Å². The Balaban J connectivity index is 1.93. The number of thiol groups is 1. The van der Waals surface area contributed by atoms with E-state index in [4.69, 9.17) is 0 Å². The number of aliphatic carboxylic acids is 1. The molecule has 3 aliphatic rings. The number of carboxylic acid groups (broad SMARTS) is 1. The van der Waals surface area contributed by atoms with E-state index < -0.39 is 28.9 Å². The topological polar surface area (TPSA) is 124 Å². The minimum atomic E-state index is -1.98. The van der Waals surface area contributed by atoms with Gasteiger partial charge in [-0.2, -0.15) is 12.6 Å². The van der Waals surface area contributed by atoms with Crippen LogP contribution in [0.4, 0.5) is 0 Å². The second kappa shape index (κ2) is 7.43. The highest BCUT2D eigenvalue weighted by atomic mass is 32.1. The first-order valence-electron chi connectivity index (χ1n) is 10.8. The number of aryl methyl sites for hydroxylation is 1. The molecule has 0 bridgehead atoms. The van der Waals surface area contributed by atoms with Gasteiger partial charge in [-0.25, -0.2) is 4.79 Å². The molecule has 2 fully saturated rings. The predicted molar refractivity (Wildman–Crippen MR) is 116 cm³/mol. The summed E-state index contributed by atoms with van der Waals surface area (Å²) < 4.78 is 0. The van der Waals surface area contributed by atoms with Gasteiger partial charge < -0.3 is 20.6 Å². The Labute approximate surface area is 186 Å². The monoisotopic (exact) mass is 447 g/mol. The lowest BCUT2D eigenvalue weighted by Crippen LogP contribution is -2.54. The largest absolute Gasteiger partial charge is 0.504 e. The number of fused-ring (bicyclic) bond motifs is 5. The maximum atomic E-state index is 12.6. The highest BCUT2D eigenvalue weighted by Gasteiger charge is 2.56. The molecule has 1 unspecified atom stereocenters. The number of amides is 1. The van der Waals surface area contributed by atoms with E-state index in [-0.39, 0.29) is 34.5 Å². The molecular weight excluding hydrogens is 418 g/mol. The van der Waals surface area contributed by atoms with Crippen LogP contribution in [0.15, 0.2) is 6.07 Å². The van der Waals surface area contributed by atoms with Gasteiger partial charge in [0.1, 0.15) is 5.78 Å². The maximum absolute atomic E-state index is 12.6. The molecule has 1 aromatic rings. The number of phenolic OH excluding ortho intramolecular Hbond substituents is 2. The second-order valence-electron chi connectivity index (χ2n) is 9.58. The summed E-state index contributed by atoms with van der Waals surface area (Å²) in [5.74, 6) is -2.48. The van der Waals surface area contributed by atoms with Crippen LogP contribution in [0.1, 0.15) is 68.6 Å². The lowest BCUT2D eigenvalue weighted by atomic mass is 9.54. The van der Waals surface area contributed by atoms with Gasteiger partial charge in [0.15, 0.2) is 17.0 Å². The van der Waals surface area contributed by atoms with Gasteiger partial charge in [-0.05, 0) is 67.1 Å². The molecule has 4 N–H and O–H groups in total. The summed E-state index contributed by atoms with van der Waals surface area (Å²) in [5, 5.41) is 34.0. The molecule has 2 saturated carbocycles. The second-order valence-corrected chi connectivity index (χ2v) is 9.89. The van der Waals surface area contributed by atoms with Crippen molar-refractivity contribution in [2.24, 2.45) is 17.3 Å². The van der Waals surface area contributed by atoms with Crippen molar-refractivity contribution in [3.63, 3.8) is 0 Å². The molecule has 1 aromatic carbocycles. The molecule has 5 atom stereocenters. The van der Waals surface area contributed by atoms with Crippen LogP contribution in [0.2, 0.25) is 0 Å². The van der Waals surface area contributed by atoms with Gasteiger partial charge in [0.2, 0.25) is 5.91 Å². The Kier molecular flexibility index (Phi) is 5.27. The van der Waals surface area contributed by atoms with Crippen molar-refractivity contribution in [1.82, 2.24) is 5.32 Å². The van der Waals surface area contributed by atoms with Crippen LogP contribution in [0.3, 0.4) is 0 Å². The number of hydrogen-bond donors (Lipinski definition) is 5. The van der Waals surface area contributed by atoms with E-state index in [1.165, 1.54) is 13.0 Å². The molecule has 0 saturated heterocycles. The molecule has 4 rings (SSSR count). The molecule has 0 aliphatic heterocycles. The first-order chi connectivity index (χ1) is 14.6. The zero-order valence-electron chi connectivity index (χ0n) is 17.8. The minimum Gasteiger partial charge on any atom is -0.504 e. The van der Waals surface area contributed by atoms with Gasteiger partial charge in [0.05, 0.1) is 0 Å². The van der Waals surface area contributed by atoms with Gasteiger partial charge >= 0.3 is 5.97 Å². The summed E-state index contributed by atoms with van der Waals surface area (Å²) >= 11 is 4.25. The van der Waals surface area contributed by atoms with Crippen molar-refractivity contribution >= 4 is 30.3 Å². The molecule has 3 aliphatic carbocycles. The smallest absolute Gasteiger partial charge is 0.335 e. The number of Topliss-reactive ketones (excluding diaryl/α,β-unsaturated/α-hetero) is 1. The third-order valence-corrected chi connectivity index (χ3v) is 8.56. The van der Waals surface area contributed by atoms with Gasteiger partial charge in [0.25, 0.3) is 0 Å². The summed E-state index contributed by atoms with van der Waals surface area (Å²) in [5.41, 5.74) is -0.808. The maximum Gasteiger partial charge on any atom is 0.335 e. The Morgan fingerprint density at radius 1 is 1.26 bits per heavy atom. The van der Waals surface area contributed by atoms with Crippen LogP contribution in [-0.4, -0.2) is 38.7 Å². The summed E-state index contributed by atoms with van der Waals surface area (Å²) in [4.78, 5) is 37.1. The molecule has 0 aromatic heterocycles. The molecule has 7 nitrogen and oxygen atoms in total. The predicted octanol–water partition coefficient (Wildman–Crippen LogP) is 2.87. The van der Waals surface area contributed by atoms with Crippen molar-refractivity contribution in [3.8, 4) is 11.5 Å². The Morgan fingerprint density at radius 2 is 1.97 bits per heavy atom. The van der Waals surface area contributed by atoms with Crippen LogP contribution in [0, 0.1) is 17.3 Å². The highest BCUT2D eigenvalue weighted by Crippen LogP contribution is 2.61. The average molecular weight is 448 g/mol. The van der Waals surface area contributed by atoms with Crippen LogP contribution in [0.5, 0.6) is 11.5 Å². The van der Waals surface area contributed by atoms with Crippen LogP contribution >= 0.6 is 12.6 Å². The Hall–Kier alpha value is -2.22. The van der Waals surface area contributed by atoms with Crippen molar-refractivity contribution in [2.75, 3.05) is 5.75 Å². The van der Waals surface area contributed by atoms with Gasteiger partial charge in [-0.3, -0.25) is 9.59 Å². The van der Waals surface area contributed by atoms with Crippen LogP contribution in [-0.2, 0) is 26.3 Å². The number of aromatic hydroxyl groups is 2. The van der Waals surface area contributed by atoms with Gasteiger partial charge in [-0.15, -0.1) is 0 Å². The quantitative estimate of drug-likeness (QED) is 0.357. The zero-order chi connectivity index (χ0) is 22.7. The zero-order valence-corrected chi connectivity index (χ0v) is 18.7. The third-order valence-electron chi connectivity index (χ3n) is 8.09. The van der Waals surface area contributed by atoms with Crippen LogP contribution in [0.25, 0.3) is 0 Å². The molecule has 1 amide bonds. The van der Waals surface area contributed by atoms with E-state index >= 15 is 0 Å². The normalized spacial score (nSPS) is 31.2. The number of rotatable bonds is 4. The van der Waals surface area contributed by atoms with Crippen molar-refractivity contribution < 1.29 is 29.7 Å². The average Bonchev–Trinajstić information content (AvgIpc) is 3.02. The fourth-order valence-electron chi connectivity index (χ4n) is 6.64. The molecule has 0 radical (unpaired) electrons. The highest BCUT2D eigenvalue weighted by molar-refractivity contribution is 7.80. The summed E-state index contributed by atoms with van der Waals surface area (Å²) in [7, 11) is 0. The van der Waals surface area contributed by atoms with E-state index in [0.717, 1.165) is 18.4 Å². The van der Waals surface area contributed by atoms with Crippen molar-refractivity contribution in [2.45, 2.75) is 63.8 Å². The van der Waals surface area contributed by atoms with Crippen molar-refractivity contribution in [1.29, 1.82) is 0 Å². The molecule has 168 valence electrons. The fraction of sp³-hybridized carbons (Fsp3) is 0.609.